The highest BCUT2D eigenvalue weighted by Gasteiger charge is 2.18. The van der Waals surface area contributed by atoms with Gasteiger partial charge in [-0.3, -0.25) is 9.78 Å². The van der Waals surface area contributed by atoms with Gasteiger partial charge in [0.05, 0.1) is 18.0 Å². The highest BCUT2D eigenvalue weighted by molar-refractivity contribution is 5.69. The first-order valence-electron chi connectivity index (χ1n) is 7.84. The molecule has 0 saturated heterocycles. The first-order chi connectivity index (χ1) is 10.6. The van der Waals surface area contributed by atoms with Crippen molar-refractivity contribution in [1.82, 2.24) is 19.9 Å². The van der Waals surface area contributed by atoms with Crippen LogP contribution in [0.25, 0.3) is 11.2 Å². The summed E-state index contributed by atoms with van der Waals surface area (Å²) >= 11 is 0. The molecule has 22 heavy (non-hydrogen) atoms. The molecular weight excluding hydrogens is 282 g/mol. The van der Waals surface area contributed by atoms with Crippen molar-refractivity contribution in [3.05, 3.63) is 22.2 Å². The molecule has 2 aromatic heterocycles. The van der Waals surface area contributed by atoms with Gasteiger partial charge in [-0.1, -0.05) is 32.1 Å². The molecule has 0 amide bonds. The number of aliphatic hydroxyl groups excluding tert-OH is 1. The number of aliphatic hydroxyl groups is 1. The Morgan fingerprint density at radius 3 is 2.86 bits per heavy atom. The Bertz CT molecular complexity index is 709. The minimum Gasteiger partial charge on any atom is -0.387 e. The number of nitrogens with zero attached hydrogens (tertiary/aromatic N) is 3. The van der Waals surface area contributed by atoms with Crippen molar-refractivity contribution in [2.24, 2.45) is 5.92 Å². The molecule has 7 heteroatoms. The fourth-order valence-electron chi connectivity index (χ4n) is 3.13. The normalized spacial score (nSPS) is 17.7. The summed E-state index contributed by atoms with van der Waals surface area (Å²) in [6, 6.07) is 0. The van der Waals surface area contributed by atoms with Crippen LogP contribution in [0.3, 0.4) is 0 Å². The lowest BCUT2D eigenvalue weighted by atomic mass is 9.85. The molecule has 0 bridgehead atoms. The van der Waals surface area contributed by atoms with E-state index in [1.807, 2.05) is 0 Å². The van der Waals surface area contributed by atoms with Crippen molar-refractivity contribution < 1.29 is 5.11 Å². The summed E-state index contributed by atoms with van der Waals surface area (Å²) in [7, 11) is 0. The second kappa shape index (κ2) is 6.39. The van der Waals surface area contributed by atoms with Crippen LogP contribution in [0.5, 0.6) is 0 Å². The zero-order valence-corrected chi connectivity index (χ0v) is 12.5. The molecule has 1 atom stereocenters. The molecule has 7 nitrogen and oxygen atoms in total. The molecule has 0 spiro atoms. The minimum absolute atomic E-state index is 0.0115. The molecule has 3 rings (SSSR count). The lowest BCUT2D eigenvalue weighted by Crippen LogP contribution is -2.15. The molecule has 1 fully saturated rings. The van der Waals surface area contributed by atoms with Gasteiger partial charge in [-0.05, 0) is 18.8 Å². The zero-order valence-electron chi connectivity index (χ0n) is 12.5. The first kappa shape index (κ1) is 14.9. The first-order valence-corrected chi connectivity index (χ1v) is 7.84. The van der Waals surface area contributed by atoms with Crippen molar-refractivity contribution in [3.8, 4) is 0 Å². The van der Waals surface area contributed by atoms with Crippen molar-refractivity contribution in [2.75, 3.05) is 5.73 Å². The van der Waals surface area contributed by atoms with Gasteiger partial charge in [-0.15, -0.1) is 0 Å². The Labute approximate surface area is 128 Å². The van der Waals surface area contributed by atoms with Crippen LogP contribution in [0.1, 0.15) is 56.7 Å². The van der Waals surface area contributed by atoms with Gasteiger partial charge < -0.3 is 10.8 Å². The topological polar surface area (TPSA) is 118 Å². The summed E-state index contributed by atoms with van der Waals surface area (Å²) < 4.78 is 0. The number of fused-ring (bicyclic) bond motifs is 1. The third-order valence-electron chi connectivity index (χ3n) is 4.37. The minimum atomic E-state index is -0.698. The molecule has 0 aromatic carbocycles. The molecule has 2 heterocycles. The molecule has 4 N–H and O–H groups in total. The summed E-state index contributed by atoms with van der Waals surface area (Å²) in [5, 5.41) is 10.3. The number of H-pyrrole nitrogens is 1. The van der Waals surface area contributed by atoms with Crippen molar-refractivity contribution in [3.63, 3.8) is 0 Å². The summed E-state index contributed by atoms with van der Waals surface area (Å²) in [6.07, 6.45) is 8.81. The third kappa shape index (κ3) is 3.24. The fraction of sp³-hybridized carbons (Fsp3) is 0.600. The van der Waals surface area contributed by atoms with E-state index in [0.29, 0.717) is 18.0 Å². The van der Waals surface area contributed by atoms with Gasteiger partial charge >= 0.3 is 0 Å². The van der Waals surface area contributed by atoms with E-state index >= 15 is 0 Å². The molecule has 1 aliphatic rings. The average Bonchev–Trinajstić information content (AvgIpc) is 2.53. The van der Waals surface area contributed by atoms with E-state index in [4.69, 9.17) is 5.73 Å². The molecule has 1 saturated carbocycles. The maximum atomic E-state index is 11.8. The van der Waals surface area contributed by atoms with Gasteiger partial charge in [0, 0.05) is 0 Å². The van der Waals surface area contributed by atoms with Crippen LogP contribution < -0.4 is 11.3 Å². The molecule has 0 radical (unpaired) electrons. The van der Waals surface area contributed by atoms with E-state index in [1.54, 1.807) is 0 Å². The lowest BCUT2D eigenvalue weighted by Gasteiger charge is -2.22. The van der Waals surface area contributed by atoms with Gasteiger partial charge in [0.1, 0.15) is 0 Å². The number of hydrogen-bond donors (Lipinski definition) is 3. The number of rotatable bonds is 4. The Morgan fingerprint density at radius 1 is 1.32 bits per heavy atom. The third-order valence-corrected chi connectivity index (χ3v) is 4.37. The van der Waals surface area contributed by atoms with E-state index < -0.39 is 11.7 Å². The molecule has 118 valence electrons. The number of aromatic amines is 1. The number of nitrogen functional groups attached to an aromatic ring is 1. The number of nitrogens with two attached hydrogens (primary N) is 1. The largest absolute Gasteiger partial charge is 0.387 e. The number of nitrogens with one attached hydrogen (secondary N) is 1. The Kier molecular flexibility index (Phi) is 4.33. The van der Waals surface area contributed by atoms with E-state index in [2.05, 4.69) is 19.9 Å². The van der Waals surface area contributed by atoms with E-state index in [0.717, 1.165) is 6.42 Å². The summed E-state index contributed by atoms with van der Waals surface area (Å²) in [4.78, 5) is 26.4. The second-order valence-corrected chi connectivity index (χ2v) is 6.02. The van der Waals surface area contributed by atoms with Gasteiger partial charge in [0.25, 0.3) is 5.56 Å². The monoisotopic (exact) mass is 303 g/mol. The van der Waals surface area contributed by atoms with Crippen LogP contribution in [0, 0.1) is 5.92 Å². The predicted octanol–water partition coefficient (Wildman–Crippen LogP) is 1.69. The second-order valence-electron chi connectivity index (χ2n) is 6.02. The lowest BCUT2D eigenvalue weighted by molar-refractivity contribution is 0.147. The van der Waals surface area contributed by atoms with Crippen molar-refractivity contribution >= 4 is 17.1 Å². The average molecular weight is 303 g/mol. The van der Waals surface area contributed by atoms with E-state index in [-0.39, 0.29) is 17.1 Å². The maximum absolute atomic E-state index is 11.8. The van der Waals surface area contributed by atoms with Gasteiger partial charge in [-0.25, -0.2) is 9.97 Å². The number of anilines is 1. The summed E-state index contributed by atoms with van der Waals surface area (Å²) in [6.45, 7) is 0. The Morgan fingerprint density at radius 2 is 2.09 bits per heavy atom. The maximum Gasteiger partial charge on any atom is 0.280 e. The van der Waals surface area contributed by atoms with Crippen LogP contribution in [0.2, 0.25) is 0 Å². The fourth-order valence-corrected chi connectivity index (χ4v) is 3.13. The van der Waals surface area contributed by atoms with Crippen LogP contribution >= 0.6 is 0 Å². The van der Waals surface area contributed by atoms with E-state index in [9.17, 15) is 9.90 Å². The Hall–Kier alpha value is -2.02. The Balaban J connectivity index is 1.73. The van der Waals surface area contributed by atoms with Crippen molar-refractivity contribution in [2.45, 2.75) is 51.0 Å². The highest BCUT2D eigenvalue weighted by Crippen LogP contribution is 2.29. The van der Waals surface area contributed by atoms with Crippen LogP contribution in [0.15, 0.2) is 11.0 Å². The zero-order chi connectivity index (χ0) is 15.5. The van der Waals surface area contributed by atoms with Gasteiger partial charge in [0.2, 0.25) is 5.95 Å². The molecule has 1 aliphatic carbocycles. The van der Waals surface area contributed by atoms with Crippen LogP contribution in [-0.4, -0.2) is 25.0 Å². The van der Waals surface area contributed by atoms with Gasteiger partial charge in [-0.2, -0.15) is 4.98 Å². The number of hydrogen-bond acceptors (Lipinski definition) is 6. The molecule has 0 aliphatic heterocycles. The smallest absolute Gasteiger partial charge is 0.280 e. The van der Waals surface area contributed by atoms with Crippen LogP contribution in [-0.2, 0) is 0 Å². The van der Waals surface area contributed by atoms with E-state index in [1.165, 1.54) is 38.3 Å². The SMILES string of the molecule is Nc1nc2ncc([C@H](O)CCC3CCCCC3)nc2c(=O)[nH]1. The summed E-state index contributed by atoms with van der Waals surface area (Å²) in [5.74, 6) is 0.707. The molecule has 2 aromatic rings. The van der Waals surface area contributed by atoms with Crippen molar-refractivity contribution in [1.29, 1.82) is 0 Å². The molecular formula is C15H21N5O2. The standard InChI is InChI=1S/C15H21N5O2/c16-15-19-13-12(14(22)20-15)18-10(8-17-13)11(21)7-6-9-4-2-1-3-5-9/h8-9,11,21H,1-7H2,(H3,16,17,19,20,22)/t11-/m1/s1. The van der Waals surface area contributed by atoms with Gasteiger partial charge in [0.15, 0.2) is 11.2 Å². The quantitative estimate of drug-likeness (QED) is 0.791. The summed E-state index contributed by atoms with van der Waals surface area (Å²) in [5.41, 5.74) is 5.76. The number of aromatic nitrogens is 4. The predicted molar refractivity (Wildman–Crippen MR) is 83.1 cm³/mol. The van der Waals surface area contributed by atoms with Crippen LogP contribution in [0.4, 0.5) is 5.95 Å². The molecule has 0 unspecified atom stereocenters. The highest BCUT2D eigenvalue weighted by atomic mass is 16.3.